The molecule has 16 heavy (non-hydrogen) atoms. The molecule has 84 valence electrons. The van der Waals surface area contributed by atoms with E-state index in [1.165, 1.54) is 16.9 Å². The molecule has 0 bridgehead atoms. The molecule has 2 N–H and O–H groups in total. The Balaban J connectivity index is 2.15. The number of rotatable bonds is 4. The van der Waals surface area contributed by atoms with Crippen LogP contribution in [-0.4, -0.2) is 26.8 Å². The average Bonchev–Trinajstić information content (AvgIpc) is 2.76. The van der Waals surface area contributed by atoms with Crippen LogP contribution in [0, 0.1) is 5.82 Å². The Morgan fingerprint density at radius 1 is 1.25 bits per heavy atom. The molecule has 2 aromatic rings. The minimum atomic E-state index is -0.278. The lowest BCUT2D eigenvalue weighted by atomic mass is 10.2. The molecule has 0 spiro atoms. The van der Waals surface area contributed by atoms with Crippen molar-refractivity contribution in [2.24, 2.45) is 5.73 Å². The van der Waals surface area contributed by atoms with Crippen LogP contribution in [0.1, 0.15) is 6.42 Å². The summed E-state index contributed by atoms with van der Waals surface area (Å²) in [5, 5.41) is 11.9. The quantitative estimate of drug-likeness (QED) is 0.830. The summed E-state index contributed by atoms with van der Waals surface area (Å²) in [5.41, 5.74) is 6.13. The van der Waals surface area contributed by atoms with Crippen LogP contribution in [-0.2, 0) is 6.54 Å². The summed E-state index contributed by atoms with van der Waals surface area (Å²) < 4.78 is 12.7. The minimum Gasteiger partial charge on any atom is -0.330 e. The lowest BCUT2D eigenvalue weighted by molar-refractivity contribution is 0.504. The van der Waals surface area contributed by atoms with Crippen molar-refractivity contribution in [1.82, 2.24) is 20.2 Å². The molecule has 0 fully saturated rings. The number of aryl methyl sites for hydroxylation is 1. The van der Waals surface area contributed by atoms with Crippen LogP contribution in [0.2, 0.25) is 0 Å². The Kier molecular flexibility index (Phi) is 3.21. The SMILES string of the molecule is NCCCn1nnc(-c2ccc(F)cc2)n1. The van der Waals surface area contributed by atoms with Crippen LogP contribution in [0.15, 0.2) is 24.3 Å². The van der Waals surface area contributed by atoms with Gasteiger partial charge in [-0.15, -0.1) is 10.2 Å². The molecule has 0 amide bonds. The maximum absolute atomic E-state index is 12.7. The van der Waals surface area contributed by atoms with Gasteiger partial charge in [0, 0.05) is 5.56 Å². The number of halogens is 1. The first-order chi connectivity index (χ1) is 7.79. The standard InChI is InChI=1S/C10H12FN5/c11-9-4-2-8(3-5-9)10-13-15-16(14-10)7-1-6-12/h2-5H,1,6-7,12H2. The highest BCUT2D eigenvalue weighted by Crippen LogP contribution is 2.13. The highest BCUT2D eigenvalue weighted by Gasteiger charge is 2.05. The molecular weight excluding hydrogens is 209 g/mol. The third-order valence-corrected chi connectivity index (χ3v) is 2.12. The van der Waals surface area contributed by atoms with E-state index in [1.807, 2.05) is 0 Å². The van der Waals surface area contributed by atoms with Gasteiger partial charge in [-0.3, -0.25) is 0 Å². The lowest BCUT2D eigenvalue weighted by Crippen LogP contribution is -2.08. The zero-order chi connectivity index (χ0) is 11.4. The van der Waals surface area contributed by atoms with Crippen LogP contribution >= 0.6 is 0 Å². The zero-order valence-corrected chi connectivity index (χ0v) is 8.67. The fourth-order valence-electron chi connectivity index (χ4n) is 1.29. The molecule has 0 aliphatic rings. The van der Waals surface area contributed by atoms with E-state index in [2.05, 4.69) is 15.4 Å². The Hall–Kier alpha value is -1.82. The third-order valence-electron chi connectivity index (χ3n) is 2.12. The van der Waals surface area contributed by atoms with Gasteiger partial charge < -0.3 is 5.73 Å². The fourth-order valence-corrected chi connectivity index (χ4v) is 1.29. The van der Waals surface area contributed by atoms with Gasteiger partial charge in [-0.05, 0) is 42.4 Å². The van der Waals surface area contributed by atoms with Crippen molar-refractivity contribution in [3.63, 3.8) is 0 Å². The Morgan fingerprint density at radius 3 is 2.69 bits per heavy atom. The predicted octanol–water partition coefficient (Wildman–Crippen LogP) is 0.828. The molecule has 0 radical (unpaired) electrons. The van der Waals surface area contributed by atoms with Gasteiger partial charge in [0.05, 0.1) is 6.54 Å². The summed E-state index contributed by atoms with van der Waals surface area (Å²) in [5.74, 6) is 0.219. The van der Waals surface area contributed by atoms with E-state index in [-0.39, 0.29) is 5.82 Å². The van der Waals surface area contributed by atoms with Gasteiger partial charge >= 0.3 is 0 Å². The van der Waals surface area contributed by atoms with Crippen molar-refractivity contribution in [1.29, 1.82) is 0 Å². The van der Waals surface area contributed by atoms with Crippen LogP contribution < -0.4 is 5.73 Å². The van der Waals surface area contributed by atoms with Crippen molar-refractivity contribution in [3.05, 3.63) is 30.1 Å². The van der Waals surface area contributed by atoms with Crippen molar-refractivity contribution < 1.29 is 4.39 Å². The van der Waals surface area contributed by atoms with Gasteiger partial charge in [-0.1, -0.05) is 0 Å². The summed E-state index contributed by atoms with van der Waals surface area (Å²) in [6.45, 7) is 1.23. The number of tetrazole rings is 1. The zero-order valence-electron chi connectivity index (χ0n) is 8.67. The van der Waals surface area contributed by atoms with E-state index < -0.39 is 0 Å². The monoisotopic (exact) mass is 221 g/mol. The predicted molar refractivity (Wildman–Crippen MR) is 56.9 cm³/mol. The number of hydrogen-bond acceptors (Lipinski definition) is 4. The second kappa shape index (κ2) is 4.80. The van der Waals surface area contributed by atoms with Crippen molar-refractivity contribution >= 4 is 0 Å². The molecule has 1 heterocycles. The molecule has 1 aromatic heterocycles. The number of aromatic nitrogens is 4. The first-order valence-electron chi connectivity index (χ1n) is 5.03. The van der Waals surface area contributed by atoms with E-state index in [1.54, 1.807) is 12.1 Å². The van der Waals surface area contributed by atoms with Crippen molar-refractivity contribution in [2.75, 3.05) is 6.54 Å². The Labute approximate surface area is 92.1 Å². The number of hydrogen-bond donors (Lipinski definition) is 1. The molecule has 2 rings (SSSR count). The van der Waals surface area contributed by atoms with E-state index in [9.17, 15) is 4.39 Å². The van der Waals surface area contributed by atoms with Gasteiger partial charge in [0.2, 0.25) is 5.82 Å². The summed E-state index contributed by atoms with van der Waals surface area (Å²) in [6.07, 6.45) is 0.805. The van der Waals surface area contributed by atoms with E-state index in [0.29, 0.717) is 18.9 Å². The summed E-state index contributed by atoms with van der Waals surface area (Å²) >= 11 is 0. The van der Waals surface area contributed by atoms with Crippen LogP contribution in [0.4, 0.5) is 4.39 Å². The van der Waals surface area contributed by atoms with E-state index in [0.717, 1.165) is 12.0 Å². The second-order valence-corrected chi connectivity index (χ2v) is 3.36. The molecule has 6 heteroatoms. The van der Waals surface area contributed by atoms with Crippen LogP contribution in [0.3, 0.4) is 0 Å². The Bertz CT molecular complexity index is 450. The highest BCUT2D eigenvalue weighted by atomic mass is 19.1. The summed E-state index contributed by atoms with van der Waals surface area (Å²) in [4.78, 5) is 1.49. The Morgan fingerprint density at radius 2 is 2.00 bits per heavy atom. The maximum atomic E-state index is 12.7. The third kappa shape index (κ3) is 2.40. The van der Waals surface area contributed by atoms with Gasteiger partial charge in [0.25, 0.3) is 0 Å². The molecule has 1 aromatic carbocycles. The van der Waals surface area contributed by atoms with E-state index in [4.69, 9.17) is 5.73 Å². The van der Waals surface area contributed by atoms with Gasteiger partial charge in [-0.25, -0.2) is 4.39 Å². The molecule has 0 atom stereocenters. The molecule has 0 saturated carbocycles. The van der Waals surface area contributed by atoms with Gasteiger partial charge in [-0.2, -0.15) is 4.80 Å². The average molecular weight is 221 g/mol. The van der Waals surface area contributed by atoms with Crippen molar-refractivity contribution in [2.45, 2.75) is 13.0 Å². The number of benzene rings is 1. The van der Waals surface area contributed by atoms with E-state index >= 15 is 0 Å². The number of nitrogens with zero attached hydrogens (tertiary/aromatic N) is 4. The summed E-state index contributed by atoms with van der Waals surface area (Å²) in [6, 6.07) is 5.99. The molecular formula is C10H12FN5. The molecule has 0 unspecified atom stereocenters. The first-order valence-corrected chi connectivity index (χ1v) is 5.03. The highest BCUT2D eigenvalue weighted by molar-refractivity contribution is 5.53. The largest absolute Gasteiger partial charge is 0.330 e. The minimum absolute atomic E-state index is 0.278. The van der Waals surface area contributed by atoms with Crippen LogP contribution in [0.25, 0.3) is 11.4 Å². The second-order valence-electron chi connectivity index (χ2n) is 3.36. The smallest absolute Gasteiger partial charge is 0.204 e. The normalized spacial score (nSPS) is 10.6. The summed E-state index contributed by atoms with van der Waals surface area (Å²) in [7, 11) is 0. The first kappa shape index (κ1) is 10.7. The number of nitrogens with two attached hydrogens (primary N) is 1. The molecule has 5 nitrogen and oxygen atoms in total. The fraction of sp³-hybridized carbons (Fsp3) is 0.300. The van der Waals surface area contributed by atoms with Crippen molar-refractivity contribution in [3.8, 4) is 11.4 Å². The maximum Gasteiger partial charge on any atom is 0.204 e. The molecule has 0 aliphatic carbocycles. The van der Waals surface area contributed by atoms with Gasteiger partial charge in [0.15, 0.2) is 0 Å². The molecule has 0 saturated heterocycles. The van der Waals surface area contributed by atoms with Gasteiger partial charge in [0.1, 0.15) is 5.82 Å². The topological polar surface area (TPSA) is 69.6 Å². The molecule has 0 aliphatic heterocycles. The lowest BCUT2D eigenvalue weighted by Gasteiger charge is -1.95. The van der Waals surface area contributed by atoms with Crippen LogP contribution in [0.5, 0.6) is 0 Å².